The van der Waals surface area contributed by atoms with Gasteiger partial charge < -0.3 is 9.96 Å². The van der Waals surface area contributed by atoms with Gasteiger partial charge in [0.2, 0.25) is 7.98 Å². The molecule has 0 spiro atoms. The first-order valence-electron chi connectivity index (χ1n) is 5.61. The molecule has 1 amide bonds. The predicted molar refractivity (Wildman–Crippen MR) is 67.3 cm³/mol. The lowest BCUT2D eigenvalue weighted by Crippen LogP contribution is -2.41. The molecular weight excluding hydrogens is 201 g/mol. The minimum atomic E-state index is -0.588. The van der Waals surface area contributed by atoms with Crippen LogP contribution in [0.2, 0.25) is 0 Å². The van der Waals surface area contributed by atoms with Gasteiger partial charge in [-0.3, -0.25) is 0 Å². The van der Waals surface area contributed by atoms with Gasteiger partial charge in [0.1, 0.15) is 5.60 Å². The standard InChI is InChI=1S/C12H24BNO2/c1-10(2,3)11(4,5)8-12(6,7)16-9(15)14-13/h8H2,1-7H3,(H,14,15). The van der Waals surface area contributed by atoms with Crippen molar-refractivity contribution in [2.45, 2.75) is 60.5 Å². The lowest BCUT2D eigenvalue weighted by atomic mass is 9.64. The normalized spacial score (nSPS) is 13.4. The van der Waals surface area contributed by atoms with E-state index in [-0.39, 0.29) is 10.8 Å². The smallest absolute Gasteiger partial charge is 0.394 e. The van der Waals surface area contributed by atoms with Crippen molar-refractivity contribution in [3.8, 4) is 0 Å². The van der Waals surface area contributed by atoms with Crippen molar-refractivity contribution in [3.05, 3.63) is 0 Å². The van der Waals surface area contributed by atoms with Crippen molar-refractivity contribution < 1.29 is 9.53 Å². The molecule has 0 aromatic heterocycles. The SMILES string of the molecule is [B]NC(=O)OC(C)(C)CC(C)(C)C(C)(C)C. The molecule has 0 aliphatic heterocycles. The van der Waals surface area contributed by atoms with Crippen LogP contribution in [0.4, 0.5) is 4.79 Å². The highest BCUT2D eigenvalue weighted by atomic mass is 16.6. The summed E-state index contributed by atoms with van der Waals surface area (Å²) in [6, 6.07) is 0. The summed E-state index contributed by atoms with van der Waals surface area (Å²) in [7, 11) is 5.00. The second-order valence-corrected chi connectivity index (χ2v) is 6.60. The molecule has 0 aromatic carbocycles. The van der Waals surface area contributed by atoms with E-state index in [1.807, 2.05) is 19.1 Å². The van der Waals surface area contributed by atoms with E-state index in [1.54, 1.807) is 0 Å². The van der Waals surface area contributed by atoms with E-state index in [2.05, 4.69) is 34.6 Å². The Morgan fingerprint density at radius 2 is 1.56 bits per heavy atom. The molecule has 0 aromatic rings. The summed E-state index contributed by atoms with van der Waals surface area (Å²) in [5.41, 5.74) is -0.321. The van der Waals surface area contributed by atoms with Gasteiger partial charge in [-0.25, -0.2) is 4.79 Å². The largest absolute Gasteiger partial charge is 0.444 e. The molecule has 2 radical (unpaired) electrons. The molecule has 0 unspecified atom stereocenters. The molecule has 92 valence electrons. The van der Waals surface area contributed by atoms with Gasteiger partial charge in [0.05, 0.1) is 0 Å². The van der Waals surface area contributed by atoms with Crippen molar-refractivity contribution in [3.63, 3.8) is 0 Å². The first-order valence-corrected chi connectivity index (χ1v) is 5.61. The molecule has 0 heterocycles. The van der Waals surface area contributed by atoms with Crippen molar-refractivity contribution in [1.29, 1.82) is 0 Å². The summed E-state index contributed by atoms with van der Waals surface area (Å²) in [6.45, 7) is 14.7. The Bertz CT molecular complexity index is 254. The van der Waals surface area contributed by atoms with Gasteiger partial charge in [-0.05, 0) is 31.1 Å². The van der Waals surface area contributed by atoms with E-state index < -0.39 is 11.7 Å². The molecule has 0 fully saturated rings. The molecule has 0 saturated heterocycles. The third-order valence-electron chi connectivity index (χ3n) is 3.38. The quantitative estimate of drug-likeness (QED) is 0.749. The fraction of sp³-hybridized carbons (Fsp3) is 0.917. The molecule has 0 rings (SSSR count). The summed E-state index contributed by atoms with van der Waals surface area (Å²) in [5, 5.41) is 1.98. The van der Waals surface area contributed by atoms with E-state index in [1.165, 1.54) is 0 Å². The van der Waals surface area contributed by atoms with E-state index in [0.717, 1.165) is 6.42 Å². The average Bonchev–Trinajstić information content (AvgIpc) is 1.98. The molecule has 16 heavy (non-hydrogen) atoms. The monoisotopic (exact) mass is 225 g/mol. The number of amides is 1. The number of carbonyl (C=O) groups is 1. The number of nitrogens with one attached hydrogen (secondary N) is 1. The Labute approximate surface area is 101 Å². The van der Waals surface area contributed by atoms with Crippen LogP contribution in [0.15, 0.2) is 0 Å². The molecule has 3 nitrogen and oxygen atoms in total. The fourth-order valence-corrected chi connectivity index (χ4v) is 1.65. The van der Waals surface area contributed by atoms with E-state index in [0.29, 0.717) is 0 Å². The van der Waals surface area contributed by atoms with E-state index in [9.17, 15) is 4.79 Å². The van der Waals surface area contributed by atoms with Crippen molar-refractivity contribution in [2.75, 3.05) is 0 Å². The lowest BCUT2D eigenvalue weighted by molar-refractivity contribution is -0.0212. The summed E-state index contributed by atoms with van der Waals surface area (Å²) in [4.78, 5) is 11.1. The topological polar surface area (TPSA) is 38.3 Å². The van der Waals surface area contributed by atoms with Crippen LogP contribution in [-0.4, -0.2) is 19.7 Å². The fourth-order valence-electron chi connectivity index (χ4n) is 1.65. The first kappa shape index (κ1) is 15.3. The molecule has 0 atom stereocenters. The molecule has 4 heteroatoms. The van der Waals surface area contributed by atoms with Gasteiger partial charge in [-0.1, -0.05) is 34.6 Å². The molecule has 0 aliphatic carbocycles. The molecule has 0 aliphatic rings. The summed E-state index contributed by atoms with van der Waals surface area (Å²) >= 11 is 0. The Morgan fingerprint density at radius 3 is 1.88 bits per heavy atom. The van der Waals surface area contributed by atoms with Crippen LogP contribution in [0.1, 0.15) is 54.9 Å². The van der Waals surface area contributed by atoms with E-state index in [4.69, 9.17) is 12.7 Å². The number of carbonyl (C=O) groups excluding carboxylic acids is 1. The van der Waals surface area contributed by atoms with Crippen LogP contribution < -0.4 is 5.23 Å². The van der Waals surface area contributed by atoms with Crippen molar-refractivity contribution >= 4 is 14.1 Å². The number of rotatable bonds is 3. The van der Waals surface area contributed by atoms with Crippen LogP contribution in [0.3, 0.4) is 0 Å². The maximum absolute atomic E-state index is 11.1. The van der Waals surface area contributed by atoms with E-state index >= 15 is 0 Å². The first-order chi connectivity index (χ1) is 6.91. The van der Waals surface area contributed by atoms with Crippen LogP contribution >= 0.6 is 0 Å². The summed E-state index contributed by atoms with van der Waals surface area (Å²) < 4.78 is 5.24. The molecule has 1 N–H and O–H groups in total. The van der Waals surface area contributed by atoms with Gasteiger partial charge >= 0.3 is 6.09 Å². The predicted octanol–water partition coefficient (Wildman–Crippen LogP) is 3.04. The lowest BCUT2D eigenvalue weighted by Gasteiger charge is -2.43. The summed E-state index contributed by atoms with van der Waals surface area (Å²) in [6.07, 6.45) is 0.186. The van der Waals surface area contributed by atoms with Crippen LogP contribution in [0.25, 0.3) is 0 Å². The Morgan fingerprint density at radius 1 is 1.12 bits per heavy atom. The van der Waals surface area contributed by atoms with Crippen LogP contribution in [0.5, 0.6) is 0 Å². The zero-order chi connectivity index (χ0) is 13.2. The Kier molecular flexibility index (Phi) is 4.49. The average molecular weight is 225 g/mol. The third-order valence-corrected chi connectivity index (χ3v) is 3.38. The van der Waals surface area contributed by atoms with Gasteiger partial charge in [0, 0.05) is 0 Å². The van der Waals surface area contributed by atoms with Gasteiger partial charge in [-0.2, -0.15) is 0 Å². The summed E-state index contributed by atoms with van der Waals surface area (Å²) in [5.74, 6) is 0. The van der Waals surface area contributed by atoms with Crippen LogP contribution in [0, 0.1) is 10.8 Å². The van der Waals surface area contributed by atoms with Gasteiger partial charge in [0.15, 0.2) is 0 Å². The minimum Gasteiger partial charge on any atom is -0.444 e. The Hall–Kier alpha value is -0.665. The van der Waals surface area contributed by atoms with Gasteiger partial charge in [0.25, 0.3) is 0 Å². The highest BCUT2D eigenvalue weighted by molar-refractivity contribution is 6.12. The van der Waals surface area contributed by atoms with Crippen LogP contribution in [-0.2, 0) is 4.74 Å². The molecule has 0 saturated carbocycles. The second kappa shape index (κ2) is 4.68. The maximum Gasteiger partial charge on any atom is 0.394 e. The second-order valence-electron chi connectivity index (χ2n) is 6.60. The number of ether oxygens (including phenoxy) is 1. The van der Waals surface area contributed by atoms with Gasteiger partial charge in [-0.15, -0.1) is 0 Å². The highest BCUT2D eigenvalue weighted by Crippen LogP contribution is 2.44. The zero-order valence-electron chi connectivity index (χ0n) is 11.6. The zero-order valence-corrected chi connectivity index (χ0v) is 11.6. The van der Waals surface area contributed by atoms with Crippen molar-refractivity contribution in [2.24, 2.45) is 10.8 Å². The Balaban J connectivity index is 4.64. The maximum atomic E-state index is 11.1. The molecular formula is C12H24BNO2. The van der Waals surface area contributed by atoms with Crippen molar-refractivity contribution in [1.82, 2.24) is 5.23 Å². The molecule has 0 bridgehead atoms. The third kappa shape index (κ3) is 4.46. The highest BCUT2D eigenvalue weighted by Gasteiger charge is 2.39. The number of hydrogen-bond acceptors (Lipinski definition) is 2. The minimum absolute atomic E-state index is 0.0609. The number of hydrogen-bond donors (Lipinski definition) is 1.